The van der Waals surface area contributed by atoms with Gasteiger partial charge in [-0.3, -0.25) is 4.79 Å². The molecule has 0 radical (unpaired) electrons. The predicted octanol–water partition coefficient (Wildman–Crippen LogP) is 5.21. The summed E-state index contributed by atoms with van der Waals surface area (Å²) in [5, 5.41) is 9.69. The number of aliphatic carboxylic acids is 1. The third kappa shape index (κ3) is 6.68. The summed E-state index contributed by atoms with van der Waals surface area (Å²) in [6.07, 6.45) is 6.04. The summed E-state index contributed by atoms with van der Waals surface area (Å²) in [5.74, 6) is 0.138. The maximum absolute atomic E-state index is 12.7. The number of benzene rings is 1. The Morgan fingerprint density at radius 3 is 2.47 bits per heavy atom. The van der Waals surface area contributed by atoms with Crippen molar-refractivity contribution in [2.24, 2.45) is 17.8 Å². The third-order valence-electron chi connectivity index (χ3n) is 6.40. The molecule has 32 heavy (non-hydrogen) atoms. The molecule has 2 fully saturated rings. The standard InChI is InChI=1S/C23H28F3NO4S/c24-23(25,26)19-11-7-16(8-12-19)13-14-32(30,31)27-22-18-10-9-17(15-18)20(22)5-3-1-2-4-6-21(28)29/h1,3,7-8,11-14,17-18,20,22,27H,2,4-6,9-10,15H2,(H,28,29)/b3-1+,14-13+. The van der Waals surface area contributed by atoms with Crippen molar-refractivity contribution in [3.63, 3.8) is 0 Å². The van der Waals surface area contributed by atoms with Gasteiger partial charge >= 0.3 is 12.1 Å². The van der Waals surface area contributed by atoms with Crippen molar-refractivity contribution in [3.05, 3.63) is 53.0 Å². The Morgan fingerprint density at radius 2 is 1.81 bits per heavy atom. The topological polar surface area (TPSA) is 83.5 Å². The average Bonchev–Trinajstić information content (AvgIpc) is 3.31. The number of carboxylic acid groups (broad SMARTS) is 1. The minimum atomic E-state index is -4.43. The van der Waals surface area contributed by atoms with Gasteiger partial charge in [0.2, 0.25) is 10.0 Å². The summed E-state index contributed by atoms with van der Waals surface area (Å²) < 4.78 is 66.1. The molecule has 5 nitrogen and oxygen atoms in total. The van der Waals surface area contributed by atoms with Gasteiger partial charge in [0.05, 0.1) is 5.56 Å². The van der Waals surface area contributed by atoms with Crippen LogP contribution in [0.15, 0.2) is 41.8 Å². The second-order valence-electron chi connectivity index (χ2n) is 8.60. The predicted molar refractivity (Wildman–Crippen MR) is 116 cm³/mol. The number of unbranched alkanes of at least 4 members (excludes halogenated alkanes) is 1. The van der Waals surface area contributed by atoms with Gasteiger partial charge in [0, 0.05) is 17.9 Å². The largest absolute Gasteiger partial charge is 0.481 e. The van der Waals surface area contributed by atoms with Crippen LogP contribution in [0.1, 0.15) is 56.1 Å². The monoisotopic (exact) mass is 471 g/mol. The Labute approximate surface area is 186 Å². The summed E-state index contributed by atoms with van der Waals surface area (Å²) in [5.41, 5.74) is -0.409. The number of nitrogens with one attached hydrogen (secondary N) is 1. The van der Waals surface area contributed by atoms with Crippen molar-refractivity contribution >= 4 is 22.1 Å². The molecule has 2 aliphatic carbocycles. The molecule has 4 atom stereocenters. The van der Waals surface area contributed by atoms with E-state index in [4.69, 9.17) is 5.11 Å². The molecule has 0 spiro atoms. The molecule has 2 N–H and O–H groups in total. The first kappa shape index (κ1) is 24.5. The lowest BCUT2D eigenvalue weighted by Crippen LogP contribution is -2.43. The second-order valence-corrected chi connectivity index (χ2v) is 10.2. The van der Waals surface area contributed by atoms with Crippen LogP contribution >= 0.6 is 0 Å². The maximum atomic E-state index is 12.7. The van der Waals surface area contributed by atoms with Crippen LogP contribution in [-0.4, -0.2) is 25.5 Å². The molecule has 176 valence electrons. The Bertz CT molecular complexity index is 954. The number of hydrogen-bond acceptors (Lipinski definition) is 3. The summed E-state index contributed by atoms with van der Waals surface area (Å²) in [4.78, 5) is 10.6. The van der Waals surface area contributed by atoms with E-state index in [-0.39, 0.29) is 18.4 Å². The molecule has 9 heteroatoms. The van der Waals surface area contributed by atoms with E-state index in [1.807, 2.05) is 12.2 Å². The van der Waals surface area contributed by atoms with E-state index in [0.717, 1.165) is 43.2 Å². The highest BCUT2D eigenvalue weighted by Gasteiger charge is 2.47. The fraction of sp³-hybridized carbons (Fsp3) is 0.522. The van der Waals surface area contributed by atoms with E-state index in [0.29, 0.717) is 30.2 Å². The zero-order chi connectivity index (χ0) is 23.4. The minimum Gasteiger partial charge on any atom is -0.481 e. The molecule has 0 aromatic heterocycles. The number of halogens is 3. The van der Waals surface area contributed by atoms with Crippen molar-refractivity contribution in [1.82, 2.24) is 4.72 Å². The summed E-state index contributed by atoms with van der Waals surface area (Å²) in [7, 11) is -3.75. The van der Waals surface area contributed by atoms with Crippen molar-refractivity contribution < 1.29 is 31.5 Å². The molecule has 2 saturated carbocycles. The van der Waals surface area contributed by atoms with E-state index in [9.17, 15) is 26.4 Å². The molecular formula is C23H28F3NO4S. The van der Waals surface area contributed by atoms with Crippen LogP contribution in [0.25, 0.3) is 6.08 Å². The molecule has 4 unspecified atom stereocenters. The number of carboxylic acids is 1. The van der Waals surface area contributed by atoms with Gasteiger partial charge in [-0.2, -0.15) is 13.2 Å². The first-order chi connectivity index (χ1) is 15.0. The number of rotatable bonds is 10. The zero-order valence-corrected chi connectivity index (χ0v) is 18.4. The van der Waals surface area contributed by atoms with Gasteiger partial charge in [0.1, 0.15) is 0 Å². The third-order valence-corrected chi connectivity index (χ3v) is 7.50. The molecular weight excluding hydrogens is 443 g/mol. The summed E-state index contributed by atoms with van der Waals surface area (Å²) in [6.45, 7) is 0. The SMILES string of the molecule is O=C(O)CCC/C=C/CC1C2CCC(C2)C1NS(=O)(=O)/C=C/c1ccc(C(F)(F)F)cc1. The molecule has 0 amide bonds. The van der Waals surface area contributed by atoms with Crippen molar-refractivity contribution in [2.45, 2.75) is 57.2 Å². The maximum Gasteiger partial charge on any atom is 0.416 e. The lowest BCUT2D eigenvalue weighted by atomic mass is 9.83. The molecule has 0 heterocycles. The van der Waals surface area contributed by atoms with E-state index in [1.54, 1.807) is 0 Å². The van der Waals surface area contributed by atoms with E-state index < -0.39 is 27.7 Å². The quantitative estimate of drug-likeness (QED) is 0.362. The first-order valence-corrected chi connectivity index (χ1v) is 12.3. The van der Waals surface area contributed by atoms with Gasteiger partial charge in [-0.15, -0.1) is 0 Å². The number of alkyl halides is 3. The van der Waals surface area contributed by atoms with Gasteiger partial charge in [0.15, 0.2) is 0 Å². The molecule has 0 aliphatic heterocycles. The van der Waals surface area contributed by atoms with Crippen LogP contribution in [0.5, 0.6) is 0 Å². The molecule has 2 bridgehead atoms. The Hall–Kier alpha value is -2.13. The van der Waals surface area contributed by atoms with Crippen molar-refractivity contribution in [3.8, 4) is 0 Å². The van der Waals surface area contributed by atoms with Crippen LogP contribution in [0, 0.1) is 17.8 Å². The minimum absolute atomic E-state index is 0.131. The van der Waals surface area contributed by atoms with Gasteiger partial charge < -0.3 is 5.11 Å². The van der Waals surface area contributed by atoms with Crippen molar-refractivity contribution in [2.75, 3.05) is 0 Å². The smallest absolute Gasteiger partial charge is 0.416 e. The lowest BCUT2D eigenvalue weighted by Gasteiger charge is -2.30. The van der Waals surface area contributed by atoms with Crippen molar-refractivity contribution in [1.29, 1.82) is 0 Å². The molecule has 2 aliphatic rings. The Morgan fingerprint density at radius 1 is 1.12 bits per heavy atom. The Balaban J connectivity index is 1.59. The van der Waals surface area contributed by atoms with Crippen LogP contribution in [0.2, 0.25) is 0 Å². The summed E-state index contributed by atoms with van der Waals surface area (Å²) in [6, 6.07) is 4.16. The van der Waals surface area contributed by atoms with Crippen LogP contribution in [-0.2, 0) is 21.0 Å². The van der Waals surface area contributed by atoms with Gasteiger partial charge in [-0.25, -0.2) is 13.1 Å². The highest BCUT2D eigenvalue weighted by molar-refractivity contribution is 7.92. The van der Waals surface area contributed by atoms with Gasteiger partial charge in [-0.1, -0.05) is 24.3 Å². The average molecular weight is 472 g/mol. The van der Waals surface area contributed by atoms with E-state index in [1.165, 1.54) is 18.2 Å². The normalized spacial score (nSPS) is 25.8. The fourth-order valence-electron chi connectivity index (χ4n) is 4.86. The van der Waals surface area contributed by atoms with E-state index in [2.05, 4.69) is 4.72 Å². The molecule has 1 aromatic rings. The molecule has 3 rings (SSSR count). The summed E-state index contributed by atoms with van der Waals surface area (Å²) >= 11 is 0. The van der Waals surface area contributed by atoms with Crippen LogP contribution in [0.3, 0.4) is 0 Å². The molecule has 1 aromatic carbocycles. The zero-order valence-electron chi connectivity index (χ0n) is 17.6. The molecule has 0 saturated heterocycles. The van der Waals surface area contributed by atoms with Crippen LogP contribution in [0.4, 0.5) is 13.2 Å². The number of carbonyl (C=O) groups is 1. The van der Waals surface area contributed by atoms with Crippen LogP contribution < -0.4 is 4.72 Å². The number of hydrogen-bond donors (Lipinski definition) is 2. The second kappa shape index (κ2) is 10.2. The van der Waals surface area contributed by atoms with Gasteiger partial charge in [-0.05, 0) is 80.1 Å². The number of fused-ring (bicyclic) bond motifs is 2. The van der Waals surface area contributed by atoms with Gasteiger partial charge in [0.25, 0.3) is 0 Å². The highest BCUT2D eigenvalue weighted by atomic mass is 32.2. The van der Waals surface area contributed by atoms with E-state index >= 15 is 0 Å². The highest BCUT2D eigenvalue weighted by Crippen LogP contribution is 2.50. The number of allylic oxidation sites excluding steroid dienone is 2. The fourth-order valence-corrected chi connectivity index (χ4v) is 6.02. The first-order valence-electron chi connectivity index (χ1n) is 10.8. The Kier molecular flexibility index (Phi) is 7.82. The number of sulfonamides is 1. The lowest BCUT2D eigenvalue weighted by molar-refractivity contribution is -0.138.